The molecule has 184 valence electrons. The molecule has 1 amide bonds. The fraction of sp³-hybridized carbons (Fsp3) is 0.129. The van der Waals surface area contributed by atoms with Crippen molar-refractivity contribution in [2.24, 2.45) is 0 Å². The molecule has 5 aromatic rings. The Morgan fingerprint density at radius 2 is 1.46 bits per heavy atom. The molecule has 37 heavy (non-hydrogen) atoms. The maximum absolute atomic E-state index is 13.0. The number of carbonyl (C=O) groups is 2. The third kappa shape index (κ3) is 5.96. The number of benzene rings is 4. The van der Waals surface area contributed by atoms with E-state index in [-0.39, 0.29) is 18.2 Å². The summed E-state index contributed by atoms with van der Waals surface area (Å²) < 4.78 is 1.93. The van der Waals surface area contributed by atoms with E-state index in [2.05, 4.69) is 17.4 Å². The van der Waals surface area contributed by atoms with Crippen molar-refractivity contribution < 1.29 is 9.59 Å². The lowest BCUT2D eigenvalue weighted by atomic mass is 10.0. The third-order valence-electron chi connectivity index (χ3n) is 6.30. The van der Waals surface area contributed by atoms with Crippen molar-refractivity contribution >= 4 is 34.3 Å². The molecule has 0 spiro atoms. The van der Waals surface area contributed by atoms with Crippen molar-refractivity contribution in [2.45, 2.75) is 19.4 Å². The van der Waals surface area contributed by atoms with Crippen LogP contribution in [0.1, 0.15) is 21.7 Å². The number of amides is 1. The largest absolute Gasteiger partial charge is 0.355 e. The van der Waals surface area contributed by atoms with Gasteiger partial charge in [0.05, 0.1) is 24.0 Å². The lowest BCUT2D eigenvalue weighted by molar-refractivity contribution is -0.120. The summed E-state index contributed by atoms with van der Waals surface area (Å²) >= 11 is 5.97. The fourth-order valence-corrected chi connectivity index (χ4v) is 4.50. The summed E-state index contributed by atoms with van der Waals surface area (Å²) in [7, 11) is 0. The molecule has 1 N–H and O–H groups in total. The van der Waals surface area contributed by atoms with Crippen LogP contribution < -0.4 is 5.32 Å². The van der Waals surface area contributed by atoms with Gasteiger partial charge in [-0.15, -0.1) is 0 Å². The number of carbonyl (C=O) groups excluding carboxylic acids is 2. The topological polar surface area (TPSA) is 64.0 Å². The number of rotatable bonds is 9. The number of hydrogen-bond donors (Lipinski definition) is 1. The molecule has 4 aromatic carbocycles. The lowest BCUT2D eigenvalue weighted by Gasteiger charge is -2.10. The molecule has 0 fully saturated rings. The van der Waals surface area contributed by atoms with Crippen LogP contribution in [0, 0.1) is 0 Å². The quantitative estimate of drug-likeness (QED) is 0.244. The smallest absolute Gasteiger partial charge is 0.224 e. The molecule has 0 radical (unpaired) electrons. The van der Waals surface area contributed by atoms with E-state index in [1.165, 1.54) is 0 Å². The van der Waals surface area contributed by atoms with Crippen LogP contribution in [0.25, 0.3) is 22.2 Å². The summed E-state index contributed by atoms with van der Waals surface area (Å²) in [4.78, 5) is 30.3. The summed E-state index contributed by atoms with van der Waals surface area (Å²) in [5.41, 5.74) is 5.54. The standard InChI is InChI=1S/C31H26ClN3O2/c32-26-16-14-25(15-17-26)29(36)21-35-28-9-5-4-8-27(28)34-30(35)18-19-33-31(37)20-22-10-12-24(13-11-22)23-6-2-1-3-7-23/h1-17H,18-21H2,(H,33,37). The van der Waals surface area contributed by atoms with E-state index < -0.39 is 0 Å². The van der Waals surface area contributed by atoms with Gasteiger partial charge >= 0.3 is 0 Å². The first-order chi connectivity index (χ1) is 18.1. The summed E-state index contributed by atoms with van der Waals surface area (Å²) in [6, 6.07) is 32.9. The maximum Gasteiger partial charge on any atom is 0.224 e. The molecule has 0 aliphatic heterocycles. The number of nitrogens with one attached hydrogen (secondary N) is 1. The molecule has 0 saturated heterocycles. The van der Waals surface area contributed by atoms with Crippen molar-refractivity contribution in [1.29, 1.82) is 0 Å². The van der Waals surface area contributed by atoms with Gasteiger partial charge < -0.3 is 9.88 Å². The van der Waals surface area contributed by atoms with Gasteiger partial charge in [0.15, 0.2) is 5.78 Å². The molecule has 6 heteroatoms. The van der Waals surface area contributed by atoms with Crippen LogP contribution in [-0.2, 0) is 24.2 Å². The summed E-state index contributed by atoms with van der Waals surface area (Å²) in [6.45, 7) is 0.596. The third-order valence-corrected chi connectivity index (χ3v) is 6.55. The number of ketones is 1. The first-order valence-electron chi connectivity index (χ1n) is 12.2. The number of fused-ring (bicyclic) bond motifs is 1. The monoisotopic (exact) mass is 507 g/mol. The zero-order valence-electron chi connectivity index (χ0n) is 20.2. The van der Waals surface area contributed by atoms with Crippen LogP contribution in [0.2, 0.25) is 5.02 Å². The van der Waals surface area contributed by atoms with E-state index in [0.29, 0.717) is 30.0 Å². The van der Waals surface area contributed by atoms with Gasteiger partial charge in [-0.2, -0.15) is 0 Å². The van der Waals surface area contributed by atoms with Crippen LogP contribution in [0.3, 0.4) is 0 Å². The van der Waals surface area contributed by atoms with Gasteiger partial charge in [0.1, 0.15) is 5.82 Å². The van der Waals surface area contributed by atoms with E-state index in [1.807, 2.05) is 71.3 Å². The Kier molecular flexibility index (Phi) is 7.43. The lowest BCUT2D eigenvalue weighted by Crippen LogP contribution is -2.28. The number of aromatic nitrogens is 2. The summed E-state index contributed by atoms with van der Waals surface area (Å²) in [6.07, 6.45) is 0.821. The zero-order chi connectivity index (χ0) is 25.6. The Morgan fingerprint density at radius 3 is 2.22 bits per heavy atom. The summed E-state index contributed by atoms with van der Waals surface area (Å²) in [5, 5.41) is 3.59. The second-order valence-corrected chi connectivity index (χ2v) is 9.31. The molecule has 0 saturated carbocycles. The molecule has 1 aromatic heterocycles. The van der Waals surface area contributed by atoms with Crippen molar-refractivity contribution in [1.82, 2.24) is 14.9 Å². The number of imidazole rings is 1. The van der Waals surface area contributed by atoms with Gasteiger partial charge in [-0.25, -0.2) is 4.98 Å². The van der Waals surface area contributed by atoms with Gasteiger partial charge in [-0.1, -0.05) is 78.3 Å². The maximum atomic E-state index is 13.0. The molecule has 0 bridgehead atoms. The van der Waals surface area contributed by atoms with E-state index in [4.69, 9.17) is 16.6 Å². The Balaban J connectivity index is 1.22. The molecule has 0 aliphatic carbocycles. The average molecular weight is 508 g/mol. The summed E-state index contributed by atoms with van der Waals surface area (Å²) in [5.74, 6) is 0.687. The van der Waals surface area contributed by atoms with Crippen molar-refractivity contribution in [3.63, 3.8) is 0 Å². The Labute approximate surface area is 220 Å². The molecular weight excluding hydrogens is 482 g/mol. The van der Waals surface area contributed by atoms with Crippen LogP contribution in [0.15, 0.2) is 103 Å². The SMILES string of the molecule is O=C(Cc1ccc(-c2ccccc2)cc1)NCCc1nc2ccccc2n1CC(=O)c1ccc(Cl)cc1. The second-order valence-electron chi connectivity index (χ2n) is 8.87. The van der Waals surface area contributed by atoms with Crippen LogP contribution in [-0.4, -0.2) is 27.8 Å². The second kappa shape index (κ2) is 11.2. The van der Waals surface area contributed by atoms with Gasteiger partial charge in [-0.05, 0) is 53.1 Å². The fourth-order valence-electron chi connectivity index (χ4n) is 4.37. The number of hydrogen-bond acceptors (Lipinski definition) is 3. The highest BCUT2D eigenvalue weighted by atomic mass is 35.5. The molecule has 0 aliphatic rings. The number of halogens is 1. The van der Waals surface area contributed by atoms with Crippen LogP contribution in [0.4, 0.5) is 0 Å². The van der Waals surface area contributed by atoms with Gasteiger partial charge in [0, 0.05) is 23.6 Å². The molecular formula is C31H26ClN3O2. The molecule has 5 rings (SSSR count). The molecule has 0 unspecified atom stereocenters. The Bertz CT molecular complexity index is 1530. The van der Waals surface area contributed by atoms with E-state index >= 15 is 0 Å². The predicted octanol–water partition coefficient (Wildman–Crippen LogP) is 6.14. The minimum atomic E-state index is -0.0487. The van der Waals surface area contributed by atoms with Gasteiger partial charge in [-0.3, -0.25) is 9.59 Å². The molecule has 1 heterocycles. The van der Waals surface area contributed by atoms with Gasteiger partial charge in [0.25, 0.3) is 0 Å². The number of para-hydroxylation sites is 2. The predicted molar refractivity (Wildman–Crippen MR) is 148 cm³/mol. The minimum Gasteiger partial charge on any atom is -0.355 e. The highest BCUT2D eigenvalue weighted by Gasteiger charge is 2.15. The highest BCUT2D eigenvalue weighted by Crippen LogP contribution is 2.20. The zero-order valence-corrected chi connectivity index (χ0v) is 21.0. The Morgan fingerprint density at radius 1 is 0.784 bits per heavy atom. The normalized spacial score (nSPS) is 10.9. The van der Waals surface area contributed by atoms with Gasteiger partial charge in [0.2, 0.25) is 5.91 Å². The minimum absolute atomic E-state index is 0.0240. The number of nitrogens with zero attached hydrogens (tertiary/aromatic N) is 2. The van der Waals surface area contributed by atoms with Crippen molar-refractivity contribution in [3.05, 3.63) is 125 Å². The van der Waals surface area contributed by atoms with Crippen LogP contribution >= 0.6 is 11.6 Å². The van der Waals surface area contributed by atoms with E-state index in [0.717, 1.165) is 33.5 Å². The van der Waals surface area contributed by atoms with Crippen LogP contribution in [0.5, 0.6) is 0 Å². The van der Waals surface area contributed by atoms with E-state index in [1.54, 1.807) is 24.3 Å². The average Bonchev–Trinajstić information content (AvgIpc) is 3.27. The van der Waals surface area contributed by atoms with Crippen molar-refractivity contribution in [3.8, 4) is 11.1 Å². The first-order valence-corrected chi connectivity index (χ1v) is 12.6. The highest BCUT2D eigenvalue weighted by molar-refractivity contribution is 6.30. The first kappa shape index (κ1) is 24.5. The van der Waals surface area contributed by atoms with Crippen molar-refractivity contribution in [2.75, 3.05) is 6.54 Å². The van der Waals surface area contributed by atoms with E-state index in [9.17, 15) is 9.59 Å². The number of Topliss-reactive ketones (excluding diaryl/α,β-unsaturated/α-hetero) is 1. The Hall–Kier alpha value is -4.22. The molecule has 5 nitrogen and oxygen atoms in total. The molecule has 0 atom stereocenters.